The summed E-state index contributed by atoms with van der Waals surface area (Å²) >= 11 is 18.2. The highest BCUT2D eigenvalue weighted by Gasteiger charge is 2.37. The number of hydrazine groups is 1. The molecule has 1 fully saturated rings. The molecule has 3 N–H and O–H groups in total. The van der Waals surface area contributed by atoms with Crippen molar-refractivity contribution in [3.63, 3.8) is 0 Å². The van der Waals surface area contributed by atoms with E-state index in [9.17, 15) is 24.0 Å². The molecule has 3 heterocycles. The molecule has 0 bridgehead atoms. The fourth-order valence-electron chi connectivity index (χ4n) is 5.66. The van der Waals surface area contributed by atoms with Crippen LogP contribution in [0.4, 0.5) is 0 Å². The number of ether oxygens (including phenoxy) is 2. The van der Waals surface area contributed by atoms with Crippen LogP contribution in [0.3, 0.4) is 0 Å². The second-order valence-corrected chi connectivity index (χ2v) is 16.8. The van der Waals surface area contributed by atoms with Crippen molar-refractivity contribution < 1.29 is 33.4 Å². The number of thiazole rings is 1. The molecule has 0 saturated carbocycles. The van der Waals surface area contributed by atoms with Crippen molar-refractivity contribution in [2.45, 2.75) is 89.0 Å². The van der Waals surface area contributed by atoms with Gasteiger partial charge in [0.15, 0.2) is 5.78 Å². The Morgan fingerprint density at radius 1 is 1.09 bits per heavy atom. The first-order valence-electron chi connectivity index (χ1n) is 17.4. The Kier molecular flexibility index (Phi) is 15.0. The summed E-state index contributed by atoms with van der Waals surface area (Å²) in [6, 6.07) is 6.58. The first-order valence-corrected chi connectivity index (χ1v) is 19.5. The fourth-order valence-corrected chi connectivity index (χ4v) is 6.40. The van der Waals surface area contributed by atoms with Gasteiger partial charge in [0.1, 0.15) is 24.8 Å². The van der Waals surface area contributed by atoms with Gasteiger partial charge in [0.25, 0.3) is 9.89 Å². The second-order valence-electron chi connectivity index (χ2n) is 13.9. The van der Waals surface area contributed by atoms with Crippen LogP contribution in [0.1, 0.15) is 77.4 Å². The number of hydrogen-bond acceptors (Lipinski definition) is 11. The number of Topliss-reactive ketones (excluding diaryl/α,β-unsaturated/α-hetero) is 1. The highest BCUT2D eigenvalue weighted by Crippen LogP contribution is 2.28. The predicted octanol–water partition coefficient (Wildman–Crippen LogP) is 5.63. The summed E-state index contributed by atoms with van der Waals surface area (Å²) in [5.74, 6) is -2.57. The predicted molar refractivity (Wildman–Crippen MR) is 208 cm³/mol. The second kappa shape index (κ2) is 18.8. The van der Waals surface area contributed by atoms with Crippen molar-refractivity contribution in [3.8, 4) is 0 Å². The number of benzene rings is 1. The van der Waals surface area contributed by atoms with Crippen LogP contribution >= 0.6 is 46.1 Å². The summed E-state index contributed by atoms with van der Waals surface area (Å²) in [7, 11) is 0. The van der Waals surface area contributed by atoms with E-state index in [1.807, 2.05) is 36.4 Å². The molecule has 4 rings (SSSR count). The molecule has 0 unspecified atom stereocenters. The molecule has 0 aliphatic carbocycles. The van der Waals surface area contributed by atoms with E-state index >= 15 is 0 Å². The maximum absolute atomic E-state index is 13.9. The van der Waals surface area contributed by atoms with Gasteiger partial charge in [0.05, 0.1) is 33.9 Å². The van der Waals surface area contributed by atoms with Gasteiger partial charge in [-0.25, -0.2) is 15.4 Å². The normalized spacial score (nSPS) is 16.9. The van der Waals surface area contributed by atoms with Crippen LogP contribution in [0.25, 0.3) is 17.0 Å². The van der Waals surface area contributed by atoms with E-state index in [0.717, 1.165) is 10.9 Å². The highest BCUT2D eigenvalue weighted by molar-refractivity contribution is 7.07. The number of carbonyl (C=O) groups excluding carboxylic acids is 5. The van der Waals surface area contributed by atoms with Gasteiger partial charge in [-0.3, -0.25) is 29.0 Å². The minimum Gasteiger partial charge on any atom is -0.456 e. The lowest BCUT2D eigenvalue weighted by Crippen LogP contribution is -2.62. The standard InChI is InChI=1S/C37H45Cl3N6O7S/c1-21(2)32(44-35(51)36(5,6)14-13-24-9-10-25-11-12-27(42-29(25)16-24)22(3)53-23(4)47)33(49)43-30(17-26-19-54-20-41-26)34(50)46-15-7-8-28(45-46)31(48)18-52-37(38,39)40/h9-14,16,19-22,28,30,32,45H,7-8,15,17-18H2,1-6H3,(H,43,49)(H,44,51)/b14-13+/t22-,28+,30+,32+/m1/s1. The number of ketones is 1. The number of carbonyl (C=O) groups is 5. The first-order chi connectivity index (χ1) is 25.3. The van der Waals surface area contributed by atoms with Crippen molar-refractivity contribution in [1.29, 1.82) is 0 Å². The summed E-state index contributed by atoms with van der Waals surface area (Å²) in [6.07, 6.45) is 4.06. The molecule has 2 aromatic heterocycles. The van der Waals surface area contributed by atoms with Gasteiger partial charge in [0, 0.05) is 30.7 Å². The Hall–Kier alpha value is -3.66. The molecule has 0 radical (unpaired) electrons. The monoisotopic (exact) mass is 822 g/mol. The summed E-state index contributed by atoms with van der Waals surface area (Å²) in [5.41, 5.74) is 6.22. The number of nitrogens with one attached hydrogen (secondary N) is 3. The summed E-state index contributed by atoms with van der Waals surface area (Å²) in [5, 5.41) is 9.71. The number of aromatic nitrogens is 2. The topological polar surface area (TPSA) is 169 Å². The summed E-state index contributed by atoms with van der Waals surface area (Å²) in [6.45, 7) is 9.97. The van der Waals surface area contributed by atoms with Crippen molar-refractivity contribution in [1.82, 2.24) is 31.0 Å². The minimum absolute atomic E-state index is 0.0823. The van der Waals surface area contributed by atoms with Crippen molar-refractivity contribution >= 4 is 92.6 Å². The Morgan fingerprint density at radius 3 is 2.46 bits per heavy atom. The van der Waals surface area contributed by atoms with E-state index in [-0.39, 0.29) is 18.9 Å². The highest BCUT2D eigenvalue weighted by atomic mass is 35.6. The van der Waals surface area contributed by atoms with Gasteiger partial charge in [-0.2, -0.15) is 0 Å². The van der Waals surface area contributed by atoms with Gasteiger partial charge < -0.3 is 20.1 Å². The van der Waals surface area contributed by atoms with E-state index in [4.69, 9.17) is 44.3 Å². The van der Waals surface area contributed by atoms with E-state index in [0.29, 0.717) is 29.7 Å². The number of halogens is 3. The average molecular weight is 824 g/mol. The number of amides is 3. The molecule has 1 aliphatic rings. The van der Waals surface area contributed by atoms with Gasteiger partial charge >= 0.3 is 5.97 Å². The van der Waals surface area contributed by atoms with Crippen LogP contribution in [0.5, 0.6) is 0 Å². The maximum atomic E-state index is 13.9. The Balaban J connectivity index is 1.46. The third-order valence-electron chi connectivity index (χ3n) is 8.74. The molecule has 17 heteroatoms. The molecule has 292 valence electrons. The van der Waals surface area contributed by atoms with Crippen LogP contribution in [0.15, 0.2) is 47.3 Å². The minimum atomic E-state index is -2.06. The van der Waals surface area contributed by atoms with Crippen LogP contribution in [-0.2, 0) is 39.9 Å². The van der Waals surface area contributed by atoms with Gasteiger partial charge in [-0.05, 0) is 57.2 Å². The van der Waals surface area contributed by atoms with Gasteiger partial charge in [-0.1, -0.05) is 79.0 Å². The quantitative estimate of drug-likeness (QED) is 0.129. The summed E-state index contributed by atoms with van der Waals surface area (Å²) < 4.78 is 8.18. The number of alkyl halides is 3. The molecule has 3 aromatic rings. The Labute approximate surface area is 333 Å². The molecule has 0 spiro atoms. The Morgan fingerprint density at radius 2 is 1.81 bits per heavy atom. The largest absolute Gasteiger partial charge is 0.456 e. The number of nitrogens with zero attached hydrogens (tertiary/aromatic N) is 3. The molecule has 13 nitrogen and oxygen atoms in total. The van der Waals surface area contributed by atoms with Crippen LogP contribution in [0, 0.1) is 11.3 Å². The Bertz CT molecular complexity index is 1850. The third-order valence-corrected chi connectivity index (χ3v) is 9.70. The molecular formula is C37H45Cl3N6O7S. The number of rotatable bonds is 15. The number of pyridine rings is 1. The molecule has 1 saturated heterocycles. The van der Waals surface area contributed by atoms with Gasteiger partial charge in [0.2, 0.25) is 11.8 Å². The smallest absolute Gasteiger partial charge is 0.303 e. The molecule has 3 amide bonds. The third kappa shape index (κ3) is 12.4. The van der Waals surface area contributed by atoms with E-state index in [2.05, 4.69) is 26.0 Å². The number of fused-ring (bicyclic) bond motifs is 1. The van der Waals surface area contributed by atoms with Crippen molar-refractivity contribution in [3.05, 3.63) is 64.2 Å². The van der Waals surface area contributed by atoms with Crippen LogP contribution in [-0.4, -0.2) is 79.7 Å². The van der Waals surface area contributed by atoms with Crippen LogP contribution in [0.2, 0.25) is 0 Å². The molecular weight excluding hydrogens is 779 g/mol. The number of hydrogen-bond donors (Lipinski definition) is 3. The zero-order valence-corrected chi connectivity index (χ0v) is 33.9. The average Bonchev–Trinajstić information content (AvgIpc) is 3.63. The van der Waals surface area contributed by atoms with E-state index in [1.54, 1.807) is 51.6 Å². The number of esters is 1. The van der Waals surface area contributed by atoms with Crippen molar-refractivity contribution in [2.24, 2.45) is 11.3 Å². The van der Waals surface area contributed by atoms with E-state index in [1.165, 1.54) is 23.3 Å². The fraction of sp³-hybridized carbons (Fsp3) is 0.486. The zero-order chi connectivity index (χ0) is 39.8. The first kappa shape index (κ1) is 43.1. The maximum Gasteiger partial charge on any atom is 0.303 e. The van der Waals surface area contributed by atoms with Gasteiger partial charge in [-0.15, -0.1) is 11.3 Å². The molecule has 4 atom stereocenters. The lowest BCUT2D eigenvalue weighted by atomic mass is 9.89. The molecule has 1 aliphatic heterocycles. The van der Waals surface area contributed by atoms with E-state index < -0.39 is 69.7 Å². The van der Waals surface area contributed by atoms with Crippen molar-refractivity contribution in [2.75, 3.05) is 13.2 Å². The summed E-state index contributed by atoms with van der Waals surface area (Å²) in [4.78, 5) is 74.6. The molecule has 1 aromatic carbocycles. The lowest BCUT2D eigenvalue weighted by molar-refractivity contribution is -0.146. The SMILES string of the molecule is CC(=O)O[C@H](C)c1ccc2ccc(/C=C/C(C)(C)C(=O)N[C@H](C(=O)N[C@@H](Cc3cscn3)C(=O)N3CCC[C@@H](C(=O)COC(Cl)(Cl)Cl)N3)C(C)C)cc2n1. The van der Waals surface area contributed by atoms with Crippen LogP contribution < -0.4 is 16.1 Å². The lowest BCUT2D eigenvalue weighted by Gasteiger charge is -2.36. The zero-order valence-electron chi connectivity index (χ0n) is 30.9. The molecule has 54 heavy (non-hydrogen) atoms.